The molecule has 0 atom stereocenters. The number of hydrazone groups is 1. The van der Waals surface area contributed by atoms with Crippen LogP contribution >= 0.6 is 0 Å². The molecule has 2 N–H and O–H groups in total. The smallest absolute Gasteiger partial charge is 0.282 e. The zero-order valence-corrected chi connectivity index (χ0v) is 15.1. The van der Waals surface area contributed by atoms with Crippen LogP contribution in [-0.4, -0.2) is 46.8 Å². The fourth-order valence-corrected chi connectivity index (χ4v) is 3.18. The van der Waals surface area contributed by atoms with E-state index in [1.54, 1.807) is 6.07 Å². The molecule has 0 spiro atoms. The minimum atomic E-state index is -4.39. The lowest BCUT2D eigenvalue weighted by molar-refractivity contribution is -0.134. The summed E-state index contributed by atoms with van der Waals surface area (Å²) in [7, 11) is -4.39. The molecule has 1 aliphatic rings. The summed E-state index contributed by atoms with van der Waals surface area (Å²) in [5.41, 5.74) is 2.78. The Kier molecular flexibility index (Phi) is 5.29. The highest BCUT2D eigenvalue weighted by Gasteiger charge is 2.35. The highest BCUT2D eigenvalue weighted by Crippen LogP contribution is 2.17. The molecule has 1 aromatic heterocycles. The Morgan fingerprint density at radius 3 is 2.43 bits per heavy atom. The van der Waals surface area contributed by atoms with Gasteiger partial charge in [-0.25, -0.2) is 9.88 Å². The van der Waals surface area contributed by atoms with Crippen molar-refractivity contribution < 1.29 is 27.4 Å². The number of benzene rings is 1. The normalized spacial score (nSPS) is 14.7. The van der Waals surface area contributed by atoms with E-state index in [9.17, 15) is 27.4 Å². The third-order valence-corrected chi connectivity index (χ3v) is 4.77. The lowest BCUT2D eigenvalue weighted by Gasteiger charge is -2.11. The summed E-state index contributed by atoms with van der Waals surface area (Å²) in [6.07, 6.45) is 2.39. The quantitative estimate of drug-likeness (QED) is 0.327. The molecule has 1 aliphatic heterocycles. The maximum atomic E-state index is 12.2. The number of rotatable bonds is 5. The van der Waals surface area contributed by atoms with Gasteiger partial charge in [0.15, 0.2) is 0 Å². The molecule has 1 saturated heterocycles. The monoisotopic (exact) mass is 402 g/mol. The zero-order chi connectivity index (χ0) is 20.3. The second-order valence-electron chi connectivity index (χ2n) is 5.74. The molecule has 2 aromatic rings. The van der Waals surface area contributed by atoms with E-state index in [1.165, 1.54) is 42.7 Å². The van der Waals surface area contributed by atoms with Gasteiger partial charge in [0.1, 0.15) is 10.7 Å². The molecule has 1 aromatic carbocycles. The number of pyridine rings is 1. The zero-order valence-electron chi connectivity index (χ0n) is 14.3. The van der Waals surface area contributed by atoms with Gasteiger partial charge >= 0.3 is 0 Å². The number of hydrogen-bond acceptors (Lipinski definition) is 8. The number of amides is 3. The summed E-state index contributed by atoms with van der Waals surface area (Å²) in [5.74, 6) is -1.59. The van der Waals surface area contributed by atoms with Crippen LogP contribution in [0.15, 0.2) is 52.6 Å². The SMILES string of the molecule is O=C1CCC(=O)N1C(=O)c1ccc(NN=Cc2ccccc2S(=O)(=O)O)nc1. The molecule has 0 radical (unpaired) electrons. The molecule has 28 heavy (non-hydrogen) atoms. The van der Waals surface area contributed by atoms with Crippen molar-refractivity contribution in [3.8, 4) is 0 Å². The lowest BCUT2D eigenvalue weighted by Crippen LogP contribution is -2.35. The Morgan fingerprint density at radius 2 is 1.82 bits per heavy atom. The van der Waals surface area contributed by atoms with E-state index in [4.69, 9.17) is 0 Å². The Labute approximate surface area is 159 Å². The Morgan fingerprint density at radius 1 is 1.14 bits per heavy atom. The first kappa shape index (κ1) is 19.3. The first-order valence-electron chi connectivity index (χ1n) is 7.99. The van der Waals surface area contributed by atoms with Gasteiger partial charge in [-0.15, -0.1) is 0 Å². The molecule has 3 rings (SSSR count). The van der Waals surface area contributed by atoms with Gasteiger partial charge in [0.05, 0.1) is 11.8 Å². The van der Waals surface area contributed by atoms with Crippen LogP contribution < -0.4 is 5.43 Å². The van der Waals surface area contributed by atoms with Crippen molar-refractivity contribution >= 4 is 39.9 Å². The Hall–Kier alpha value is -3.44. The molecule has 144 valence electrons. The van der Waals surface area contributed by atoms with Crippen LogP contribution in [0.5, 0.6) is 0 Å². The van der Waals surface area contributed by atoms with E-state index < -0.39 is 27.8 Å². The third kappa shape index (κ3) is 4.10. The van der Waals surface area contributed by atoms with Crippen molar-refractivity contribution in [3.63, 3.8) is 0 Å². The van der Waals surface area contributed by atoms with Gasteiger partial charge in [0, 0.05) is 24.6 Å². The molecule has 0 aliphatic carbocycles. The average molecular weight is 402 g/mol. The highest BCUT2D eigenvalue weighted by molar-refractivity contribution is 7.86. The molecule has 2 heterocycles. The van der Waals surface area contributed by atoms with E-state index in [2.05, 4.69) is 15.5 Å². The van der Waals surface area contributed by atoms with Crippen molar-refractivity contribution in [3.05, 3.63) is 53.7 Å². The van der Waals surface area contributed by atoms with Crippen LogP contribution in [0.25, 0.3) is 0 Å². The first-order chi connectivity index (χ1) is 13.3. The van der Waals surface area contributed by atoms with E-state index in [1.807, 2.05) is 0 Å². The molecule has 10 nitrogen and oxygen atoms in total. The van der Waals surface area contributed by atoms with Crippen LogP contribution in [-0.2, 0) is 19.7 Å². The number of anilines is 1. The largest absolute Gasteiger partial charge is 0.295 e. The minimum absolute atomic E-state index is 0.0113. The van der Waals surface area contributed by atoms with Crippen molar-refractivity contribution in [2.75, 3.05) is 5.43 Å². The predicted molar refractivity (Wildman–Crippen MR) is 97.1 cm³/mol. The van der Waals surface area contributed by atoms with Crippen molar-refractivity contribution in [2.24, 2.45) is 5.10 Å². The van der Waals surface area contributed by atoms with Crippen molar-refractivity contribution in [1.82, 2.24) is 9.88 Å². The molecule has 3 amide bonds. The summed E-state index contributed by atoms with van der Waals surface area (Å²) in [4.78, 5) is 39.7. The number of nitrogens with zero attached hydrogens (tertiary/aromatic N) is 3. The molecule has 0 bridgehead atoms. The van der Waals surface area contributed by atoms with Gasteiger partial charge < -0.3 is 0 Å². The van der Waals surface area contributed by atoms with Gasteiger partial charge in [0.2, 0.25) is 11.8 Å². The highest BCUT2D eigenvalue weighted by atomic mass is 32.2. The summed E-state index contributed by atoms with van der Waals surface area (Å²) in [5, 5.41) is 3.85. The van der Waals surface area contributed by atoms with E-state index in [-0.39, 0.29) is 34.7 Å². The van der Waals surface area contributed by atoms with Crippen LogP contribution in [0.1, 0.15) is 28.8 Å². The molecule has 1 fully saturated rings. The summed E-state index contributed by atoms with van der Waals surface area (Å²) >= 11 is 0. The van der Waals surface area contributed by atoms with E-state index >= 15 is 0 Å². The molecule has 0 unspecified atom stereocenters. The van der Waals surface area contributed by atoms with E-state index in [0.29, 0.717) is 4.90 Å². The van der Waals surface area contributed by atoms with Crippen LogP contribution in [0, 0.1) is 0 Å². The molecule has 11 heteroatoms. The summed E-state index contributed by atoms with van der Waals surface area (Å²) in [6, 6.07) is 8.50. The molecular weight excluding hydrogens is 388 g/mol. The number of carbonyl (C=O) groups excluding carboxylic acids is 3. The maximum absolute atomic E-state index is 12.2. The number of aromatic nitrogens is 1. The Bertz CT molecular complexity index is 1060. The van der Waals surface area contributed by atoms with Gasteiger partial charge in [-0.05, 0) is 18.2 Å². The van der Waals surface area contributed by atoms with Gasteiger partial charge in [-0.3, -0.25) is 24.4 Å². The number of imide groups is 3. The van der Waals surface area contributed by atoms with E-state index in [0.717, 1.165) is 0 Å². The lowest BCUT2D eigenvalue weighted by atomic mass is 10.2. The predicted octanol–water partition coefficient (Wildman–Crippen LogP) is 1.06. The first-order valence-corrected chi connectivity index (χ1v) is 9.43. The van der Waals surface area contributed by atoms with Gasteiger partial charge in [-0.2, -0.15) is 13.5 Å². The third-order valence-electron chi connectivity index (χ3n) is 3.84. The number of likely N-dealkylation sites (tertiary alicyclic amines) is 1. The molecular formula is C17H14N4O6S. The van der Waals surface area contributed by atoms with Gasteiger partial charge in [0.25, 0.3) is 16.0 Å². The number of nitrogens with one attached hydrogen (secondary N) is 1. The topological polar surface area (TPSA) is 146 Å². The molecule has 0 saturated carbocycles. The van der Waals surface area contributed by atoms with Crippen molar-refractivity contribution in [1.29, 1.82) is 0 Å². The maximum Gasteiger partial charge on any atom is 0.295 e. The van der Waals surface area contributed by atoms with Crippen LogP contribution in [0.4, 0.5) is 5.82 Å². The number of hydrogen-bond donors (Lipinski definition) is 2. The fraction of sp³-hybridized carbons (Fsp3) is 0.118. The number of carbonyl (C=O) groups is 3. The summed E-state index contributed by atoms with van der Waals surface area (Å²) < 4.78 is 31.8. The summed E-state index contributed by atoms with van der Waals surface area (Å²) in [6.45, 7) is 0. The standard InChI is InChI=1S/C17H14N4O6S/c22-15-7-8-16(23)21(15)17(24)12-5-6-14(18-9-12)20-19-10-11-3-1-2-4-13(11)28(25,26)27/h1-6,9-10H,7-8H2,(H,18,20)(H,25,26,27). The van der Waals surface area contributed by atoms with Crippen LogP contribution in [0.2, 0.25) is 0 Å². The average Bonchev–Trinajstić information content (AvgIpc) is 3.00. The van der Waals surface area contributed by atoms with Crippen molar-refractivity contribution in [2.45, 2.75) is 17.7 Å². The van der Waals surface area contributed by atoms with Crippen LogP contribution in [0.3, 0.4) is 0 Å². The second kappa shape index (κ2) is 7.66. The Balaban J connectivity index is 1.71. The van der Waals surface area contributed by atoms with Gasteiger partial charge in [-0.1, -0.05) is 18.2 Å². The minimum Gasteiger partial charge on any atom is -0.282 e. The second-order valence-corrected chi connectivity index (χ2v) is 7.13. The fourth-order valence-electron chi connectivity index (χ4n) is 2.51.